The van der Waals surface area contributed by atoms with Crippen LogP contribution >= 0.6 is 24.0 Å². The van der Waals surface area contributed by atoms with Crippen LogP contribution in [-0.4, -0.2) is 26.4 Å². The van der Waals surface area contributed by atoms with E-state index in [1.807, 2.05) is 0 Å². The zero-order valence-electron chi connectivity index (χ0n) is 12.5. The van der Waals surface area contributed by atoms with Gasteiger partial charge in [0.1, 0.15) is 17.1 Å². The monoisotopic (exact) mass is 375 g/mol. The van der Waals surface area contributed by atoms with Gasteiger partial charge >= 0.3 is 5.97 Å². The molecule has 3 rings (SSSR count). The first-order chi connectivity index (χ1) is 11.9. The van der Waals surface area contributed by atoms with Crippen molar-refractivity contribution in [3.05, 3.63) is 64.3 Å². The molecule has 25 heavy (non-hydrogen) atoms. The number of carboxylic acids is 1. The lowest BCUT2D eigenvalue weighted by Crippen LogP contribution is -2.27. The van der Waals surface area contributed by atoms with Gasteiger partial charge in [-0.3, -0.25) is 9.69 Å². The molecule has 1 heterocycles. The minimum atomic E-state index is -1.27. The quantitative estimate of drug-likeness (QED) is 0.630. The second-order valence-electron chi connectivity index (χ2n) is 5.08. The van der Waals surface area contributed by atoms with Crippen LogP contribution < -0.4 is 4.90 Å². The molecule has 2 aromatic carbocycles. The summed E-state index contributed by atoms with van der Waals surface area (Å²) >= 11 is 6.28. The summed E-state index contributed by atoms with van der Waals surface area (Å²) in [5.41, 5.74) is 0.648. The van der Waals surface area contributed by atoms with Crippen LogP contribution in [0.15, 0.2) is 47.4 Å². The third-order valence-electron chi connectivity index (χ3n) is 3.43. The number of halogens is 1. The van der Waals surface area contributed by atoms with Crippen molar-refractivity contribution in [2.24, 2.45) is 0 Å². The summed E-state index contributed by atoms with van der Waals surface area (Å²) in [6, 6.07) is 9.42. The molecule has 0 saturated carbocycles. The maximum atomic E-state index is 13.0. The summed E-state index contributed by atoms with van der Waals surface area (Å²) in [6.07, 6.45) is 1.59. The van der Waals surface area contributed by atoms with Crippen LogP contribution in [0.25, 0.3) is 6.08 Å². The van der Waals surface area contributed by atoms with Crippen LogP contribution in [0.2, 0.25) is 0 Å². The number of anilines is 1. The normalized spacial score (nSPS) is 15.9. The van der Waals surface area contributed by atoms with Gasteiger partial charge in [0.15, 0.2) is 4.32 Å². The van der Waals surface area contributed by atoms with E-state index in [1.54, 1.807) is 6.08 Å². The number of carbonyl (C=O) groups is 2. The van der Waals surface area contributed by atoms with E-state index in [2.05, 4.69) is 0 Å². The summed E-state index contributed by atoms with van der Waals surface area (Å²) in [7, 11) is 0. The predicted octanol–water partition coefficient (Wildman–Crippen LogP) is 3.64. The van der Waals surface area contributed by atoms with Crippen molar-refractivity contribution in [3.8, 4) is 5.75 Å². The number of rotatable bonds is 3. The van der Waals surface area contributed by atoms with Crippen molar-refractivity contribution in [2.45, 2.75) is 0 Å². The number of hydrogen-bond acceptors (Lipinski definition) is 5. The predicted molar refractivity (Wildman–Crippen MR) is 97.1 cm³/mol. The molecule has 1 aliphatic rings. The summed E-state index contributed by atoms with van der Waals surface area (Å²) in [4.78, 5) is 25.1. The molecule has 8 heteroatoms. The molecule has 0 radical (unpaired) electrons. The van der Waals surface area contributed by atoms with Crippen LogP contribution in [0.3, 0.4) is 0 Å². The lowest BCUT2D eigenvalue weighted by atomic mass is 10.1. The molecule has 5 nitrogen and oxygen atoms in total. The van der Waals surface area contributed by atoms with Gasteiger partial charge in [0.2, 0.25) is 0 Å². The first-order valence-electron chi connectivity index (χ1n) is 6.96. The number of thiocarbonyl (C=S) groups is 1. The zero-order chi connectivity index (χ0) is 18.1. The highest BCUT2D eigenvalue weighted by atomic mass is 32.2. The maximum Gasteiger partial charge on any atom is 0.339 e. The van der Waals surface area contributed by atoms with Gasteiger partial charge in [-0.1, -0.05) is 36.1 Å². The lowest BCUT2D eigenvalue weighted by molar-refractivity contribution is -0.113. The molecule has 1 aliphatic heterocycles. The number of aromatic carboxylic acids is 1. The number of hydrogen-bond donors (Lipinski definition) is 2. The molecule has 1 amide bonds. The van der Waals surface area contributed by atoms with Gasteiger partial charge in [-0.2, -0.15) is 0 Å². The van der Waals surface area contributed by atoms with Crippen molar-refractivity contribution in [2.75, 3.05) is 4.90 Å². The first kappa shape index (κ1) is 17.1. The summed E-state index contributed by atoms with van der Waals surface area (Å²) in [5, 5.41) is 18.7. The van der Waals surface area contributed by atoms with Gasteiger partial charge in [-0.05, 0) is 35.9 Å². The third-order valence-corrected chi connectivity index (χ3v) is 4.73. The number of amides is 1. The van der Waals surface area contributed by atoms with Crippen molar-refractivity contribution in [1.29, 1.82) is 0 Å². The second-order valence-corrected chi connectivity index (χ2v) is 6.75. The molecule has 0 aliphatic carbocycles. The van der Waals surface area contributed by atoms with Gasteiger partial charge in [-0.15, -0.1) is 0 Å². The topological polar surface area (TPSA) is 77.8 Å². The van der Waals surface area contributed by atoms with Crippen molar-refractivity contribution in [1.82, 2.24) is 0 Å². The Balaban J connectivity index is 1.93. The Labute approximate surface area is 151 Å². The SMILES string of the molecule is O=C(O)c1ccc(N2C(=O)C(=Cc3ccc(F)cc3)SC2=S)cc1O. The summed E-state index contributed by atoms with van der Waals surface area (Å²) in [6.45, 7) is 0. The van der Waals surface area contributed by atoms with Crippen molar-refractivity contribution < 1.29 is 24.2 Å². The number of carboxylic acid groups (broad SMARTS) is 1. The minimum absolute atomic E-state index is 0.251. The van der Waals surface area contributed by atoms with Gasteiger partial charge in [0.25, 0.3) is 5.91 Å². The number of thioether (sulfide) groups is 1. The van der Waals surface area contributed by atoms with E-state index in [4.69, 9.17) is 17.3 Å². The Hall–Kier alpha value is -2.71. The Morgan fingerprint density at radius 1 is 1.20 bits per heavy atom. The molecule has 2 N–H and O–H groups in total. The van der Waals surface area contributed by atoms with Gasteiger partial charge in [0, 0.05) is 6.07 Å². The Kier molecular flexibility index (Phi) is 4.56. The van der Waals surface area contributed by atoms with Crippen LogP contribution in [0.1, 0.15) is 15.9 Å². The maximum absolute atomic E-state index is 13.0. The second kappa shape index (κ2) is 6.66. The third kappa shape index (κ3) is 3.40. The van der Waals surface area contributed by atoms with Crippen LogP contribution in [-0.2, 0) is 4.79 Å². The minimum Gasteiger partial charge on any atom is -0.507 e. The van der Waals surface area contributed by atoms with E-state index in [0.717, 1.165) is 11.8 Å². The van der Waals surface area contributed by atoms with E-state index in [1.165, 1.54) is 47.4 Å². The fourth-order valence-electron chi connectivity index (χ4n) is 2.24. The van der Waals surface area contributed by atoms with Crippen molar-refractivity contribution >= 4 is 51.9 Å². The fraction of sp³-hybridized carbons (Fsp3) is 0. The molecule has 1 fully saturated rings. The molecule has 0 spiro atoms. The van der Waals surface area contributed by atoms with Crippen molar-refractivity contribution in [3.63, 3.8) is 0 Å². The molecule has 0 unspecified atom stereocenters. The van der Waals surface area contributed by atoms with Gasteiger partial charge < -0.3 is 10.2 Å². The van der Waals surface area contributed by atoms with E-state index in [-0.39, 0.29) is 21.4 Å². The molecule has 2 aromatic rings. The van der Waals surface area contributed by atoms with Crippen LogP contribution in [0.4, 0.5) is 10.1 Å². The molecule has 126 valence electrons. The highest BCUT2D eigenvalue weighted by molar-refractivity contribution is 8.27. The number of benzene rings is 2. The molecule has 0 atom stereocenters. The smallest absolute Gasteiger partial charge is 0.339 e. The Bertz CT molecular complexity index is 925. The first-order valence-corrected chi connectivity index (χ1v) is 8.19. The van der Waals surface area contributed by atoms with Crippen LogP contribution in [0, 0.1) is 5.82 Å². The molecule has 1 saturated heterocycles. The van der Waals surface area contributed by atoms with Crippen LogP contribution in [0.5, 0.6) is 5.75 Å². The average molecular weight is 375 g/mol. The largest absolute Gasteiger partial charge is 0.507 e. The highest BCUT2D eigenvalue weighted by Gasteiger charge is 2.33. The number of phenols is 1. The molecule has 0 bridgehead atoms. The fourth-order valence-corrected chi connectivity index (χ4v) is 3.54. The number of aromatic hydroxyl groups is 1. The lowest BCUT2D eigenvalue weighted by Gasteiger charge is -2.15. The summed E-state index contributed by atoms with van der Waals surface area (Å²) in [5.74, 6) is -2.51. The highest BCUT2D eigenvalue weighted by Crippen LogP contribution is 2.37. The van der Waals surface area contributed by atoms with Gasteiger partial charge in [0.05, 0.1) is 10.6 Å². The van der Waals surface area contributed by atoms with E-state index in [0.29, 0.717) is 10.5 Å². The average Bonchev–Trinajstić information content (AvgIpc) is 2.83. The molecular formula is C17H10FNO4S2. The zero-order valence-corrected chi connectivity index (χ0v) is 14.1. The molecule has 0 aromatic heterocycles. The molecular weight excluding hydrogens is 365 g/mol. The van der Waals surface area contributed by atoms with E-state index < -0.39 is 17.6 Å². The van der Waals surface area contributed by atoms with E-state index >= 15 is 0 Å². The van der Waals surface area contributed by atoms with Gasteiger partial charge in [-0.25, -0.2) is 9.18 Å². The Morgan fingerprint density at radius 3 is 2.48 bits per heavy atom. The number of carbonyl (C=O) groups excluding carboxylic acids is 1. The number of nitrogens with zero attached hydrogens (tertiary/aromatic N) is 1. The summed E-state index contributed by atoms with van der Waals surface area (Å²) < 4.78 is 13.2. The Morgan fingerprint density at radius 2 is 1.88 bits per heavy atom. The standard InChI is InChI=1S/C17H10FNO4S2/c18-10-3-1-9(2-4-10)7-14-15(21)19(17(24)25-14)11-5-6-12(16(22)23)13(20)8-11/h1-8,20H,(H,22,23). The van der Waals surface area contributed by atoms with E-state index in [9.17, 15) is 19.1 Å².